The Hall–Kier alpha value is -0.930. The Bertz CT molecular complexity index is 594. The Morgan fingerprint density at radius 2 is 1.55 bits per heavy atom. The van der Waals surface area contributed by atoms with Crippen molar-refractivity contribution in [3.8, 4) is 5.75 Å². The van der Waals surface area contributed by atoms with Crippen LogP contribution in [0.3, 0.4) is 0 Å². The van der Waals surface area contributed by atoms with Gasteiger partial charge in [0.2, 0.25) is 0 Å². The lowest BCUT2D eigenvalue weighted by molar-refractivity contribution is 0.174. The van der Waals surface area contributed by atoms with Gasteiger partial charge in [0, 0.05) is 22.0 Å². The fourth-order valence-corrected chi connectivity index (χ4v) is 2.88. The van der Waals surface area contributed by atoms with E-state index in [9.17, 15) is 5.11 Å². The van der Waals surface area contributed by atoms with Gasteiger partial charge in [0.05, 0.1) is 18.2 Å². The van der Waals surface area contributed by atoms with Crippen molar-refractivity contribution in [2.45, 2.75) is 12.5 Å². The second kappa shape index (κ2) is 6.68. The van der Waals surface area contributed by atoms with Crippen LogP contribution in [0.1, 0.15) is 17.2 Å². The first-order valence-electron chi connectivity index (χ1n) is 5.98. The summed E-state index contributed by atoms with van der Waals surface area (Å²) in [6.07, 6.45) is -0.588. The molecule has 106 valence electrons. The van der Waals surface area contributed by atoms with Crippen molar-refractivity contribution < 1.29 is 9.84 Å². The maximum Gasteiger partial charge on any atom is 0.126 e. The number of halogens is 3. The lowest BCUT2D eigenvalue weighted by atomic mass is 10.0. The van der Waals surface area contributed by atoms with E-state index in [2.05, 4.69) is 0 Å². The van der Waals surface area contributed by atoms with Crippen LogP contribution in [0.4, 0.5) is 0 Å². The van der Waals surface area contributed by atoms with Crippen LogP contribution in [-0.2, 0) is 6.42 Å². The van der Waals surface area contributed by atoms with Gasteiger partial charge in [-0.3, -0.25) is 0 Å². The van der Waals surface area contributed by atoms with Crippen molar-refractivity contribution in [3.63, 3.8) is 0 Å². The van der Waals surface area contributed by atoms with Crippen LogP contribution in [0.15, 0.2) is 36.4 Å². The fourth-order valence-electron chi connectivity index (χ4n) is 2.04. The van der Waals surface area contributed by atoms with Crippen LogP contribution in [0, 0.1) is 0 Å². The Morgan fingerprint density at radius 1 is 1.00 bits per heavy atom. The monoisotopic (exact) mass is 330 g/mol. The van der Waals surface area contributed by atoms with Crippen molar-refractivity contribution in [1.82, 2.24) is 0 Å². The topological polar surface area (TPSA) is 29.5 Å². The molecule has 0 spiro atoms. The summed E-state index contributed by atoms with van der Waals surface area (Å²) in [6.45, 7) is 0. The first-order chi connectivity index (χ1) is 9.54. The highest BCUT2D eigenvalue weighted by molar-refractivity contribution is 6.36. The molecule has 0 aliphatic carbocycles. The van der Waals surface area contributed by atoms with E-state index in [1.165, 1.54) is 7.11 Å². The quantitative estimate of drug-likeness (QED) is 0.860. The number of hydrogen-bond acceptors (Lipinski definition) is 2. The molecule has 2 aromatic rings. The maximum absolute atomic E-state index is 10.4. The summed E-state index contributed by atoms with van der Waals surface area (Å²) >= 11 is 18.4. The van der Waals surface area contributed by atoms with Gasteiger partial charge in [-0.05, 0) is 29.8 Å². The molecule has 1 atom stereocenters. The zero-order valence-electron chi connectivity index (χ0n) is 10.7. The largest absolute Gasteiger partial charge is 0.496 e. The van der Waals surface area contributed by atoms with Crippen LogP contribution in [0.2, 0.25) is 15.1 Å². The molecule has 0 aliphatic heterocycles. The van der Waals surface area contributed by atoms with Crippen molar-refractivity contribution in [1.29, 1.82) is 0 Å². The predicted octanol–water partition coefficient (Wildman–Crippen LogP) is 4.93. The highest BCUT2D eigenvalue weighted by Gasteiger charge is 2.19. The third-order valence-corrected chi connectivity index (χ3v) is 4.06. The molecule has 0 amide bonds. The van der Waals surface area contributed by atoms with Gasteiger partial charge in [0.25, 0.3) is 0 Å². The number of hydrogen-bond donors (Lipinski definition) is 1. The molecule has 2 aromatic carbocycles. The molecule has 2 nitrogen and oxygen atoms in total. The summed E-state index contributed by atoms with van der Waals surface area (Å²) in [5, 5.41) is 11.9. The molecule has 0 radical (unpaired) electrons. The molecule has 0 heterocycles. The van der Waals surface area contributed by atoms with E-state index in [0.717, 1.165) is 0 Å². The van der Waals surface area contributed by atoms with E-state index >= 15 is 0 Å². The Morgan fingerprint density at radius 3 is 2.15 bits per heavy atom. The highest BCUT2D eigenvalue weighted by atomic mass is 35.5. The fraction of sp³-hybridized carbons (Fsp3) is 0.200. The molecule has 0 aromatic heterocycles. The SMILES string of the molecule is COc1cccc(Cl)c1C(O)Cc1c(Cl)cccc1Cl. The van der Waals surface area contributed by atoms with E-state index in [1.807, 2.05) is 0 Å². The molecule has 1 N–H and O–H groups in total. The Balaban J connectivity index is 2.36. The summed E-state index contributed by atoms with van der Waals surface area (Å²) in [4.78, 5) is 0. The van der Waals surface area contributed by atoms with Gasteiger partial charge in [-0.1, -0.05) is 46.9 Å². The molecule has 5 heteroatoms. The molecule has 2 rings (SSSR count). The average molecular weight is 332 g/mol. The van der Waals surface area contributed by atoms with Crippen molar-refractivity contribution in [3.05, 3.63) is 62.6 Å². The number of ether oxygens (including phenoxy) is 1. The van der Waals surface area contributed by atoms with Gasteiger partial charge in [0.1, 0.15) is 5.75 Å². The van der Waals surface area contributed by atoms with Gasteiger partial charge in [0.15, 0.2) is 0 Å². The van der Waals surface area contributed by atoms with Crippen molar-refractivity contribution in [2.75, 3.05) is 7.11 Å². The summed E-state index contributed by atoms with van der Waals surface area (Å²) in [5.41, 5.74) is 1.22. The van der Waals surface area contributed by atoms with Crippen LogP contribution in [-0.4, -0.2) is 12.2 Å². The molecule has 1 unspecified atom stereocenters. The molecular formula is C15H13Cl3O2. The summed E-state index contributed by atoms with van der Waals surface area (Å²) in [7, 11) is 1.53. The number of rotatable bonds is 4. The van der Waals surface area contributed by atoms with E-state index in [0.29, 0.717) is 31.9 Å². The zero-order valence-corrected chi connectivity index (χ0v) is 13.0. The molecule has 0 aliphatic rings. The molecule has 0 fully saturated rings. The number of aliphatic hydroxyl groups is 1. The third kappa shape index (κ3) is 3.21. The van der Waals surface area contributed by atoms with Crippen molar-refractivity contribution in [2.24, 2.45) is 0 Å². The highest BCUT2D eigenvalue weighted by Crippen LogP contribution is 2.36. The minimum atomic E-state index is -0.851. The maximum atomic E-state index is 10.4. The summed E-state index contributed by atoms with van der Waals surface area (Å²) in [5.74, 6) is 0.535. The smallest absolute Gasteiger partial charge is 0.126 e. The lowest BCUT2D eigenvalue weighted by Gasteiger charge is -2.17. The Kier molecular flexibility index (Phi) is 5.17. The van der Waals surface area contributed by atoms with Crippen LogP contribution in [0.5, 0.6) is 5.75 Å². The van der Waals surface area contributed by atoms with Crippen LogP contribution < -0.4 is 4.74 Å². The number of aliphatic hydroxyl groups excluding tert-OH is 1. The van der Waals surface area contributed by atoms with E-state index in [1.54, 1.807) is 36.4 Å². The second-order valence-corrected chi connectivity index (χ2v) is 5.50. The van der Waals surface area contributed by atoms with Gasteiger partial charge in [-0.25, -0.2) is 0 Å². The third-order valence-electron chi connectivity index (χ3n) is 3.03. The van der Waals surface area contributed by atoms with Gasteiger partial charge in [-0.2, -0.15) is 0 Å². The van der Waals surface area contributed by atoms with E-state index in [4.69, 9.17) is 39.5 Å². The van der Waals surface area contributed by atoms with Crippen molar-refractivity contribution >= 4 is 34.8 Å². The number of benzene rings is 2. The standard InChI is InChI=1S/C15H13Cl3O2/c1-20-14-7-3-6-12(18)15(14)13(19)8-9-10(16)4-2-5-11(9)17/h2-7,13,19H,8H2,1H3. The zero-order chi connectivity index (χ0) is 14.7. The second-order valence-electron chi connectivity index (χ2n) is 4.28. The molecular weight excluding hydrogens is 319 g/mol. The predicted molar refractivity (Wildman–Crippen MR) is 83.1 cm³/mol. The number of methoxy groups -OCH3 is 1. The lowest BCUT2D eigenvalue weighted by Crippen LogP contribution is -2.06. The molecule has 0 saturated heterocycles. The molecule has 20 heavy (non-hydrogen) atoms. The first kappa shape index (κ1) is 15.5. The van der Waals surface area contributed by atoms with Gasteiger partial charge in [-0.15, -0.1) is 0 Å². The van der Waals surface area contributed by atoms with Crippen LogP contribution in [0.25, 0.3) is 0 Å². The Labute approximate surface area is 132 Å². The van der Waals surface area contributed by atoms with Gasteiger partial charge >= 0.3 is 0 Å². The normalized spacial score (nSPS) is 12.2. The first-order valence-corrected chi connectivity index (χ1v) is 7.11. The minimum absolute atomic E-state index is 0.262. The van der Waals surface area contributed by atoms with Gasteiger partial charge < -0.3 is 9.84 Å². The summed E-state index contributed by atoms with van der Waals surface area (Å²) in [6, 6.07) is 10.4. The van der Waals surface area contributed by atoms with E-state index in [-0.39, 0.29) is 6.42 Å². The van der Waals surface area contributed by atoms with E-state index < -0.39 is 6.10 Å². The molecule has 0 saturated carbocycles. The average Bonchev–Trinajstić information content (AvgIpc) is 2.42. The minimum Gasteiger partial charge on any atom is -0.496 e. The summed E-state index contributed by atoms with van der Waals surface area (Å²) < 4.78 is 5.24. The molecule has 0 bridgehead atoms. The van der Waals surface area contributed by atoms with Crippen LogP contribution >= 0.6 is 34.8 Å².